The minimum Gasteiger partial charge on any atom is -0.494 e. The smallest absolute Gasteiger partial charge is 0.195 e. The van der Waals surface area contributed by atoms with Crippen LogP contribution in [0.2, 0.25) is 0 Å². The number of aromatic hydroxyl groups is 1. The van der Waals surface area contributed by atoms with Gasteiger partial charge in [-0.3, -0.25) is 0 Å². The molecule has 1 aliphatic heterocycles. The van der Waals surface area contributed by atoms with Crippen LogP contribution in [0.1, 0.15) is 5.56 Å². The lowest BCUT2D eigenvalue weighted by Gasteiger charge is -1.84. The van der Waals surface area contributed by atoms with Gasteiger partial charge in [0.15, 0.2) is 5.88 Å². The van der Waals surface area contributed by atoms with E-state index in [4.69, 9.17) is 5.11 Å². The molecule has 4 heteroatoms. The highest BCUT2D eigenvalue weighted by atomic mass is 16.3. The highest BCUT2D eigenvalue weighted by Gasteiger charge is 2.13. The summed E-state index contributed by atoms with van der Waals surface area (Å²) in [5, 5.41) is 16.5. The first-order valence-corrected chi connectivity index (χ1v) is 2.64. The van der Waals surface area contributed by atoms with Crippen molar-refractivity contribution in [2.24, 2.45) is 10.2 Å². The van der Waals surface area contributed by atoms with Gasteiger partial charge in [-0.05, 0) is 0 Å². The summed E-state index contributed by atoms with van der Waals surface area (Å²) in [5.41, 5.74) is 1.56. The maximum Gasteiger partial charge on any atom is 0.195 e. The Kier molecular flexibility index (Phi) is 0.677. The number of aromatic nitrogens is 1. The zero-order valence-electron chi connectivity index (χ0n) is 4.63. The van der Waals surface area contributed by atoms with E-state index in [1.165, 1.54) is 0 Å². The molecule has 0 saturated carbocycles. The fourth-order valence-corrected chi connectivity index (χ4v) is 0.860. The van der Waals surface area contributed by atoms with Crippen molar-refractivity contribution in [3.05, 3.63) is 11.8 Å². The SMILES string of the molecule is Oc1[nH]cc2c1CN=N2. The van der Waals surface area contributed by atoms with Crippen molar-refractivity contribution >= 4 is 5.69 Å². The summed E-state index contributed by atoms with van der Waals surface area (Å²) < 4.78 is 0. The zero-order chi connectivity index (χ0) is 6.27. The fourth-order valence-electron chi connectivity index (χ4n) is 0.860. The van der Waals surface area contributed by atoms with E-state index in [1.807, 2.05) is 0 Å². The molecule has 0 spiro atoms. The van der Waals surface area contributed by atoms with Crippen LogP contribution in [0.5, 0.6) is 5.88 Å². The molecule has 0 aliphatic carbocycles. The molecule has 0 bridgehead atoms. The standard InChI is InChI=1S/C5H5N3O/c9-5-3-1-7-8-4(3)2-6-5/h2,6,9H,1H2. The average molecular weight is 123 g/mol. The minimum absolute atomic E-state index is 0.190. The maximum absolute atomic E-state index is 9.00. The third-order valence-corrected chi connectivity index (χ3v) is 1.35. The Morgan fingerprint density at radius 3 is 3.33 bits per heavy atom. The highest BCUT2D eigenvalue weighted by Crippen LogP contribution is 2.32. The van der Waals surface area contributed by atoms with Crippen LogP contribution in [0.15, 0.2) is 16.4 Å². The first kappa shape index (κ1) is 4.55. The van der Waals surface area contributed by atoms with Crippen molar-refractivity contribution < 1.29 is 5.11 Å². The molecule has 0 fully saturated rings. The van der Waals surface area contributed by atoms with Crippen molar-refractivity contribution in [1.82, 2.24) is 4.98 Å². The number of aromatic amines is 1. The van der Waals surface area contributed by atoms with Gasteiger partial charge < -0.3 is 10.1 Å². The Morgan fingerprint density at radius 2 is 2.56 bits per heavy atom. The first-order valence-electron chi connectivity index (χ1n) is 2.64. The molecular formula is C5H5N3O. The molecule has 0 radical (unpaired) electrons. The molecule has 2 rings (SSSR count). The number of hydrogen-bond acceptors (Lipinski definition) is 3. The third kappa shape index (κ3) is 0.468. The topological polar surface area (TPSA) is 60.7 Å². The second-order valence-corrected chi connectivity index (χ2v) is 1.90. The van der Waals surface area contributed by atoms with E-state index in [0.717, 1.165) is 11.3 Å². The average Bonchev–Trinajstić information content (AvgIpc) is 2.35. The van der Waals surface area contributed by atoms with Gasteiger partial charge in [-0.25, -0.2) is 0 Å². The molecule has 46 valence electrons. The fraction of sp³-hybridized carbons (Fsp3) is 0.200. The van der Waals surface area contributed by atoms with Crippen LogP contribution in [-0.4, -0.2) is 10.1 Å². The van der Waals surface area contributed by atoms with Gasteiger partial charge in [-0.2, -0.15) is 10.2 Å². The highest BCUT2D eigenvalue weighted by molar-refractivity contribution is 5.51. The molecule has 0 aromatic carbocycles. The molecule has 0 saturated heterocycles. The quantitative estimate of drug-likeness (QED) is 0.536. The predicted octanol–water partition coefficient (Wildman–Crippen LogP) is 1.32. The Hall–Kier alpha value is -1.32. The van der Waals surface area contributed by atoms with Gasteiger partial charge in [-0.15, -0.1) is 0 Å². The molecule has 0 unspecified atom stereocenters. The lowest BCUT2D eigenvalue weighted by molar-refractivity contribution is 0.451. The van der Waals surface area contributed by atoms with Gasteiger partial charge in [0.25, 0.3) is 0 Å². The van der Waals surface area contributed by atoms with E-state index in [9.17, 15) is 0 Å². The van der Waals surface area contributed by atoms with Crippen molar-refractivity contribution in [3.8, 4) is 5.88 Å². The third-order valence-electron chi connectivity index (χ3n) is 1.35. The molecule has 2 N–H and O–H groups in total. The molecule has 1 aromatic rings. The van der Waals surface area contributed by atoms with Crippen molar-refractivity contribution in [3.63, 3.8) is 0 Å². The molecular weight excluding hydrogens is 118 g/mol. The Morgan fingerprint density at radius 1 is 1.67 bits per heavy atom. The normalized spacial score (nSPS) is 14.2. The molecule has 2 heterocycles. The number of rotatable bonds is 0. The number of H-pyrrole nitrogens is 1. The summed E-state index contributed by atoms with van der Waals surface area (Å²) in [6.45, 7) is 0.505. The van der Waals surface area contributed by atoms with Crippen LogP contribution in [0, 0.1) is 0 Å². The maximum atomic E-state index is 9.00. The predicted molar refractivity (Wildman–Crippen MR) is 30.7 cm³/mol. The first-order chi connectivity index (χ1) is 4.38. The number of fused-ring (bicyclic) bond motifs is 1. The molecule has 4 nitrogen and oxygen atoms in total. The van der Waals surface area contributed by atoms with E-state index in [-0.39, 0.29) is 5.88 Å². The molecule has 1 aliphatic rings. The van der Waals surface area contributed by atoms with Gasteiger partial charge in [0.1, 0.15) is 5.69 Å². The molecule has 9 heavy (non-hydrogen) atoms. The van der Waals surface area contributed by atoms with E-state index in [1.54, 1.807) is 6.20 Å². The van der Waals surface area contributed by atoms with Crippen LogP contribution in [0.4, 0.5) is 5.69 Å². The second kappa shape index (κ2) is 1.34. The van der Waals surface area contributed by atoms with Crippen LogP contribution < -0.4 is 0 Å². The number of nitrogens with one attached hydrogen (secondary N) is 1. The van der Waals surface area contributed by atoms with E-state index >= 15 is 0 Å². The number of hydrogen-bond donors (Lipinski definition) is 2. The van der Waals surface area contributed by atoms with Gasteiger partial charge in [0.2, 0.25) is 0 Å². The Bertz CT molecular complexity index is 263. The van der Waals surface area contributed by atoms with Crippen molar-refractivity contribution in [2.75, 3.05) is 0 Å². The van der Waals surface area contributed by atoms with Gasteiger partial charge >= 0.3 is 0 Å². The van der Waals surface area contributed by atoms with Gasteiger partial charge in [0, 0.05) is 6.20 Å². The summed E-state index contributed by atoms with van der Waals surface area (Å²) in [4.78, 5) is 2.64. The lowest BCUT2D eigenvalue weighted by atomic mass is 10.3. The Balaban J connectivity index is 2.65. The molecule has 0 atom stereocenters. The van der Waals surface area contributed by atoms with Gasteiger partial charge in [-0.1, -0.05) is 0 Å². The van der Waals surface area contributed by atoms with Crippen LogP contribution in [0.3, 0.4) is 0 Å². The summed E-state index contributed by atoms with van der Waals surface area (Å²) in [7, 11) is 0. The summed E-state index contributed by atoms with van der Waals surface area (Å²) in [5.74, 6) is 0.190. The van der Waals surface area contributed by atoms with Crippen LogP contribution in [-0.2, 0) is 6.54 Å². The summed E-state index contributed by atoms with van der Waals surface area (Å²) in [6.07, 6.45) is 1.64. The van der Waals surface area contributed by atoms with Crippen LogP contribution >= 0.6 is 0 Å². The van der Waals surface area contributed by atoms with E-state index in [2.05, 4.69) is 15.2 Å². The van der Waals surface area contributed by atoms with Crippen molar-refractivity contribution in [1.29, 1.82) is 0 Å². The zero-order valence-corrected chi connectivity index (χ0v) is 4.63. The van der Waals surface area contributed by atoms with E-state index in [0.29, 0.717) is 6.54 Å². The monoisotopic (exact) mass is 123 g/mol. The van der Waals surface area contributed by atoms with E-state index < -0.39 is 0 Å². The molecule has 1 aromatic heterocycles. The number of azo groups is 1. The van der Waals surface area contributed by atoms with Crippen molar-refractivity contribution in [2.45, 2.75) is 6.54 Å². The molecule has 0 amide bonds. The minimum atomic E-state index is 0.190. The second-order valence-electron chi connectivity index (χ2n) is 1.90. The van der Waals surface area contributed by atoms with Gasteiger partial charge in [0.05, 0.1) is 12.1 Å². The number of nitrogens with zero attached hydrogens (tertiary/aromatic N) is 2. The summed E-state index contributed by atoms with van der Waals surface area (Å²) in [6, 6.07) is 0. The summed E-state index contributed by atoms with van der Waals surface area (Å²) >= 11 is 0. The Labute approximate surface area is 51.2 Å². The largest absolute Gasteiger partial charge is 0.494 e. The van der Waals surface area contributed by atoms with Crippen LogP contribution in [0.25, 0.3) is 0 Å². The lowest BCUT2D eigenvalue weighted by Crippen LogP contribution is -1.70.